The highest BCUT2D eigenvalue weighted by molar-refractivity contribution is 5.94. The molecule has 2 N–H and O–H groups in total. The van der Waals surface area contributed by atoms with Gasteiger partial charge in [-0.25, -0.2) is 0 Å². The lowest BCUT2D eigenvalue weighted by atomic mass is 10.3. The van der Waals surface area contributed by atoms with E-state index in [2.05, 4.69) is 9.97 Å². The highest BCUT2D eigenvalue weighted by atomic mass is 16.3. The van der Waals surface area contributed by atoms with Gasteiger partial charge in [0.2, 0.25) is 0 Å². The Morgan fingerprint density at radius 1 is 1.58 bits per heavy atom. The number of carbonyl (C=O) groups is 1. The van der Waals surface area contributed by atoms with Crippen molar-refractivity contribution in [2.75, 3.05) is 0 Å². The number of carbonyl (C=O) groups excluding carboxylic acids is 1. The number of fused-ring (bicyclic) bond motifs is 1. The van der Waals surface area contributed by atoms with Crippen LogP contribution in [-0.2, 0) is 0 Å². The van der Waals surface area contributed by atoms with E-state index >= 15 is 0 Å². The van der Waals surface area contributed by atoms with Gasteiger partial charge >= 0.3 is 0 Å². The van der Waals surface area contributed by atoms with Crippen LogP contribution in [0.1, 0.15) is 10.4 Å². The number of aromatic nitrogens is 2. The number of aldehydes is 1. The van der Waals surface area contributed by atoms with Gasteiger partial charge in [0.25, 0.3) is 0 Å². The molecule has 12 heavy (non-hydrogen) atoms. The van der Waals surface area contributed by atoms with E-state index in [-0.39, 0.29) is 5.75 Å². The highest BCUT2D eigenvalue weighted by Gasteiger charge is 2.03. The first-order chi connectivity index (χ1) is 5.81. The summed E-state index contributed by atoms with van der Waals surface area (Å²) in [5.74, 6) is 0.0850. The predicted octanol–water partition coefficient (Wildman–Crippen LogP) is 1.08. The normalized spacial score (nSPS) is 10.3. The number of rotatable bonds is 1. The van der Waals surface area contributed by atoms with E-state index < -0.39 is 0 Å². The van der Waals surface area contributed by atoms with E-state index in [0.29, 0.717) is 16.6 Å². The molecule has 4 heteroatoms. The Hall–Kier alpha value is -1.84. The molecule has 0 atom stereocenters. The van der Waals surface area contributed by atoms with Gasteiger partial charge in [0, 0.05) is 12.3 Å². The van der Waals surface area contributed by atoms with Crippen LogP contribution in [0.15, 0.2) is 18.5 Å². The van der Waals surface area contributed by atoms with E-state index in [0.717, 1.165) is 6.29 Å². The largest absolute Gasteiger partial charge is 0.506 e. The van der Waals surface area contributed by atoms with Gasteiger partial charge in [0.05, 0.1) is 22.8 Å². The van der Waals surface area contributed by atoms with Crippen LogP contribution in [0.2, 0.25) is 0 Å². The predicted molar refractivity (Wildman–Crippen MR) is 43.1 cm³/mol. The zero-order valence-corrected chi connectivity index (χ0v) is 6.11. The average molecular weight is 162 g/mol. The Labute approximate surface area is 67.9 Å². The highest BCUT2D eigenvalue weighted by Crippen LogP contribution is 2.17. The van der Waals surface area contributed by atoms with Gasteiger partial charge in [-0.15, -0.1) is 0 Å². The van der Waals surface area contributed by atoms with Gasteiger partial charge in [0.15, 0.2) is 6.29 Å². The first-order valence-corrected chi connectivity index (χ1v) is 3.42. The van der Waals surface area contributed by atoms with Crippen LogP contribution >= 0.6 is 0 Å². The summed E-state index contributed by atoms with van der Waals surface area (Å²) in [5.41, 5.74) is 1.75. The molecule has 0 aliphatic rings. The monoisotopic (exact) mass is 162 g/mol. The molecule has 0 fully saturated rings. The van der Waals surface area contributed by atoms with E-state index in [1.54, 1.807) is 6.20 Å². The fraction of sp³-hybridized carbons (Fsp3) is 0. The maximum Gasteiger partial charge on any atom is 0.153 e. The molecule has 2 heterocycles. The van der Waals surface area contributed by atoms with Gasteiger partial charge in [-0.3, -0.25) is 9.78 Å². The van der Waals surface area contributed by atoms with Crippen LogP contribution < -0.4 is 0 Å². The summed E-state index contributed by atoms with van der Waals surface area (Å²) in [6.07, 6.45) is 3.59. The molecule has 0 spiro atoms. The summed E-state index contributed by atoms with van der Waals surface area (Å²) < 4.78 is 0. The van der Waals surface area contributed by atoms with Crippen molar-refractivity contribution in [1.82, 2.24) is 9.97 Å². The van der Waals surface area contributed by atoms with Crippen LogP contribution in [0.25, 0.3) is 11.0 Å². The van der Waals surface area contributed by atoms with Gasteiger partial charge in [-0.05, 0) is 0 Å². The maximum absolute atomic E-state index is 10.4. The first-order valence-electron chi connectivity index (χ1n) is 3.42. The van der Waals surface area contributed by atoms with Gasteiger partial charge in [0.1, 0.15) is 5.75 Å². The van der Waals surface area contributed by atoms with Crippen LogP contribution in [-0.4, -0.2) is 21.4 Å². The molecule has 4 nitrogen and oxygen atoms in total. The minimum Gasteiger partial charge on any atom is -0.506 e. The summed E-state index contributed by atoms with van der Waals surface area (Å²) in [5, 5.41) is 9.04. The molecule has 0 aliphatic carbocycles. The molecule has 0 unspecified atom stereocenters. The number of nitrogens with zero attached hydrogens (tertiary/aromatic N) is 1. The molecule has 0 amide bonds. The Morgan fingerprint density at radius 3 is 3.17 bits per heavy atom. The smallest absolute Gasteiger partial charge is 0.153 e. The Balaban J connectivity index is 2.81. The molecule has 0 radical (unpaired) electrons. The average Bonchev–Trinajstić information content (AvgIpc) is 2.46. The van der Waals surface area contributed by atoms with Crippen molar-refractivity contribution in [3.05, 3.63) is 24.0 Å². The van der Waals surface area contributed by atoms with Crippen molar-refractivity contribution < 1.29 is 9.90 Å². The third-order valence-corrected chi connectivity index (χ3v) is 1.66. The number of nitrogens with one attached hydrogen (secondary N) is 1. The van der Waals surface area contributed by atoms with Gasteiger partial charge < -0.3 is 10.1 Å². The summed E-state index contributed by atoms with van der Waals surface area (Å²) in [4.78, 5) is 17.2. The van der Waals surface area contributed by atoms with Crippen LogP contribution in [0.3, 0.4) is 0 Å². The van der Waals surface area contributed by atoms with Crippen molar-refractivity contribution in [2.45, 2.75) is 0 Å². The quantitative estimate of drug-likeness (QED) is 0.616. The lowest BCUT2D eigenvalue weighted by molar-refractivity contribution is 0.112. The summed E-state index contributed by atoms with van der Waals surface area (Å²) in [6, 6.07) is 1.52. The Morgan fingerprint density at radius 2 is 2.42 bits per heavy atom. The molecule has 60 valence electrons. The molecule has 0 bridgehead atoms. The fourth-order valence-corrected chi connectivity index (χ4v) is 1.11. The molecule has 2 rings (SSSR count). The van der Waals surface area contributed by atoms with Gasteiger partial charge in [-0.1, -0.05) is 0 Å². The zero-order chi connectivity index (χ0) is 8.55. The number of hydrogen-bond donors (Lipinski definition) is 2. The molecule has 2 aromatic rings. The Bertz CT molecular complexity index is 434. The van der Waals surface area contributed by atoms with Crippen LogP contribution in [0.5, 0.6) is 5.75 Å². The van der Waals surface area contributed by atoms with Crippen molar-refractivity contribution in [2.24, 2.45) is 0 Å². The second-order valence-electron chi connectivity index (χ2n) is 2.45. The second kappa shape index (κ2) is 2.34. The number of aromatic amines is 1. The summed E-state index contributed by atoms with van der Waals surface area (Å²) >= 11 is 0. The lowest BCUT2D eigenvalue weighted by Gasteiger charge is -1.90. The summed E-state index contributed by atoms with van der Waals surface area (Å²) in [7, 11) is 0. The van der Waals surface area contributed by atoms with Crippen molar-refractivity contribution >= 4 is 17.3 Å². The molecule has 0 saturated heterocycles. The molecule has 0 aliphatic heterocycles. The van der Waals surface area contributed by atoms with Crippen molar-refractivity contribution in [1.29, 1.82) is 0 Å². The van der Waals surface area contributed by atoms with Crippen molar-refractivity contribution in [3.63, 3.8) is 0 Å². The number of aromatic hydroxyl groups is 1. The number of pyridine rings is 1. The third kappa shape index (κ3) is 0.852. The third-order valence-electron chi connectivity index (χ3n) is 1.66. The van der Waals surface area contributed by atoms with E-state index in [1.807, 2.05) is 0 Å². The minimum absolute atomic E-state index is 0.0850. The number of hydrogen-bond acceptors (Lipinski definition) is 3. The topological polar surface area (TPSA) is 66.0 Å². The lowest BCUT2D eigenvalue weighted by Crippen LogP contribution is -1.78. The molecular formula is C8H6N2O2. The summed E-state index contributed by atoms with van der Waals surface area (Å²) in [6.45, 7) is 0. The fourth-order valence-electron chi connectivity index (χ4n) is 1.11. The molecule has 0 saturated carbocycles. The Kier molecular flexibility index (Phi) is 1.33. The van der Waals surface area contributed by atoms with Crippen LogP contribution in [0, 0.1) is 0 Å². The van der Waals surface area contributed by atoms with E-state index in [9.17, 15) is 4.79 Å². The zero-order valence-electron chi connectivity index (χ0n) is 6.11. The van der Waals surface area contributed by atoms with Crippen LogP contribution in [0.4, 0.5) is 0 Å². The first kappa shape index (κ1) is 6.84. The van der Waals surface area contributed by atoms with Gasteiger partial charge in [-0.2, -0.15) is 0 Å². The molecule has 2 aromatic heterocycles. The second-order valence-corrected chi connectivity index (χ2v) is 2.45. The minimum atomic E-state index is 0.0850. The SMILES string of the molecule is O=Cc1c[nH]c2cc(O)cnc12. The van der Waals surface area contributed by atoms with E-state index in [1.165, 1.54) is 12.3 Å². The number of H-pyrrole nitrogens is 1. The molecule has 0 aromatic carbocycles. The maximum atomic E-state index is 10.4. The molecular weight excluding hydrogens is 156 g/mol. The van der Waals surface area contributed by atoms with Crippen molar-refractivity contribution in [3.8, 4) is 5.75 Å². The standard InChI is InChI=1S/C8H6N2O2/c11-4-5-2-9-7-1-6(12)3-10-8(5)7/h1-4,9,12H. The van der Waals surface area contributed by atoms with E-state index in [4.69, 9.17) is 5.11 Å².